The Hall–Kier alpha value is -1.97. The lowest BCUT2D eigenvalue weighted by molar-refractivity contribution is -0.198. The summed E-state index contributed by atoms with van der Waals surface area (Å²) in [6.45, 7) is -0.594. The number of carbonyl (C=O) groups is 2. The minimum absolute atomic E-state index is 0.0819. The van der Waals surface area contributed by atoms with Crippen molar-refractivity contribution in [2.24, 2.45) is 0 Å². The van der Waals surface area contributed by atoms with Crippen molar-refractivity contribution in [3.63, 3.8) is 0 Å². The van der Waals surface area contributed by atoms with E-state index in [9.17, 15) is 22.8 Å². The highest BCUT2D eigenvalue weighted by atomic mass is 35.5. The number of amides is 2. The van der Waals surface area contributed by atoms with Gasteiger partial charge in [-0.3, -0.25) is 14.5 Å². The second-order valence-corrected chi connectivity index (χ2v) is 5.60. The molecule has 136 valence electrons. The van der Waals surface area contributed by atoms with Crippen LogP contribution < -0.4 is 10.1 Å². The highest BCUT2D eigenvalue weighted by Crippen LogP contribution is 2.35. The average molecular weight is 399 g/mol. The second-order valence-electron chi connectivity index (χ2n) is 4.81. The summed E-state index contributed by atoms with van der Waals surface area (Å²) in [6.07, 6.45) is -3.34. The molecule has 1 aromatic carbocycles. The number of anilines is 1. The topological polar surface area (TPSA) is 78.9 Å². The highest BCUT2D eigenvalue weighted by molar-refractivity contribution is 6.32. The second kappa shape index (κ2) is 7.51. The van der Waals surface area contributed by atoms with Gasteiger partial charge in [-0.2, -0.15) is 8.78 Å². The van der Waals surface area contributed by atoms with E-state index >= 15 is 0 Å². The van der Waals surface area contributed by atoms with Crippen LogP contribution in [0.1, 0.15) is 0 Å². The molecule has 0 aromatic heterocycles. The largest absolute Gasteiger partial charge is 0.444 e. The number of halogens is 5. The molecule has 0 spiro atoms. The number of aliphatic hydroxyl groups is 1. The number of imide groups is 1. The van der Waals surface area contributed by atoms with Crippen LogP contribution in [0, 0.1) is 0 Å². The molecule has 1 aliphatic heterocycles. The molecule has 1 aromatic rings. The van der Waals surface area contributed by atoms with E-state index in [0.29, 0.717) is 0 Å². The number of nitrogens with zero attached hydrogens (tertiary/aromatic N) is 1. The molecule has 1 unspecified atom stereocenters. The van der Waals surface area contributed by atoms with E-state index in [4.69, 9.17) is 28.3 Å². The molecule has 0 fully saturated rings. The van der Waals surface area contributed by atoms with Gasteiger partial charge in [0.25, 0.3) is 17.4 Å². The Bertz CT molecular complexity index is 728. The zero-order valence-electron chi connectivity index (χ0n) is 12.3. The molecule has 0 radical (unpaired) electrons. The molecular formula is C14H11Cl2F3N2O4. The lowest BCUT2D eigenvalue weighted by Gasteiger charge is -2.19. The Kier molecular flexibility index (Phi) is 5.81. The number of rotatable bonds is 7. The summed E-state index contributed by atoms with van der Waals surface area (Å²) in [5, 5.41) is 11.1. The van der Waals surface area contributed by atoms with E-state index in [0.717, 1.165) is 17.0 Å². The van der Waals surface area contributed by atoms with Gasteiger partial charge in [0.1, 0.15) is 11.4 Å². The number of β-amino-alcohol motifs (C(OH)–C–C–N with tert-alkyl or cyclic N) is 1. The minimum Gasteiger partial charge on any atom is -0.428 e. The summed E-state index contributed by atoms with van der Waals surface area (Å²) < 4.78 is 43.3. The van der Waals surface area contributed by atoms with Crippen molar-refractivity contribution in [2.45, 2.75) is 11.7 Å². The SMILES string of the molecule is O=C1C=C(Nc2ccc(Cl)c(OC(F)(F)C(F)Cl)c2)C(=O)N1CCO. The van der Waals surface area contributed by atoms with Crippen molar-refractivity contribution >= 4 is 40.7 Å². The lowest BCUT2D eigenvalue weighted by atomic mass is 10.2. The van der Waals surface area contributed by atoms with Crippen molar-refractivity contribution < 1.29 is 32.6 Å². The molecule has 0 saturated carbocycles. The van der Waals surface area contributed by atoms with Crippen LogP contribution in [0.2, 0.25) is 5.02 Å². The normalized spacial score (nSPS) is 16.1. The van der Waals surface area contributed by atoms with Crippen LogP contribution >= 0.6 is 23.2 Å². The van der Waals surface area contributed by atoms with Gasteiger partial charge in [0.2, 0.25) is 0 Å². The number of ether oxygens (including phenoxy) is 1. The van der Waals surface area contributed by atoms with Gasteiger partial charge in [-0.15, -0.1) is 0 Å². The maximum Gasteiger partial charge on any atom is 0.444 e. The van der Waals surface area contributed by atoms with Crippen molar-refractivity contribution in [3.8, 4) is 5.75 Å². The van der Waals surface area contributed by atoms with Gasteiger partial charge in [0, 0.05) is 17.8 Å². The van der Waals surface area contributed by atoms with Gasteiger partial charge >= 0.3 is 6.11 Å². The van der Waals surface area contributed by atoms with Crippen LogP contribution in [0.15, 0.2) is 30.0 Å². The molecule has 1 atom stereocenters. The summed E-state index contributed by atoms with van der Waals surface area (Å²) in [4.78, 5) is 24.4. The maximum absolute atomic E-state index is 13.2. The maximum atomic E-state index is 13.2. The number of carbonyl (C=O) groups excluding carboxylic acids is 2. The molecule has 0 aliphatic carbocycles. The standard InChI is InChI=1S/C14H11Cl2F3N2O4/c15-8-2-1-7(5-10(8)25-14(18,19)13(16)17)20-9-6-11(23)21(3-4-22)12(9)24/h1-2,5-6,13,20,22H,3-4H2. The predicted octanol–water partition coefficient (Wildman–Crippen LogP) is 2.50. The van der Waals surface area contributed by atoms with E-state index < -0.39 is 35.9 Å². The third kappa shape index (κ3) is 4.36. The van der Waals surface area contributed by atoms with Gasteiger partial charge in [0.15, 0.2) is 0 Å². The molecule has 2 rings (SSSR count). The number of nitrogens with one attached hydrogen (secondary N) is 1. The molecular weight excluding hydrogens is 388 g/mol. The quantitative estimate of drug-likeness (QED) is 0.544. The number of alkyl halides is 4. The van der Waals surface area contributed by atoms with Crippen molar-refractivity contribution in [3.05, 3.63) is 35.0 Å². The van der Waals surface area contributed by atoms with E-state index in [-0.39, 0.29) is 23.0 Å². The Morgan fingerprint density at radius 2 is 2.04 bits per heavy atom. The van der Waals surface area contributed by atoms with E-state index in [2.05, 4.69) is 10.1 Å². The first-order chi connectivity index (χ1) is 11.7. The van der Waals surface area contributed by atoms with Gasteiger partial charge in [-0.05, 0) is 12.1 Å². The molecule has 6 nitrogen and oxygen atoms in total. The predicted molar refractivity (Wildman–Crippen MR) is 83.3 cm³/mol. The Morgan fingerprint density at radius 1 is 1.36 bits per heavy atom. The molecule has 1 heterocycles. The van der Waals surface area contributed by atoms with Crippen LogP contribution in [0.5, 0.6) is 5.75 Å². The van der Waals surface area contributed by atoms with E-state index in [1.807, 2.05) is 0 Å². The third-order valence-corrected chi connectivity index (χ3v) is 3.61. The summed E-state index contributed by atoms with van der Waals surface area (Å²) in [5.74, 6) is -1.92. The van der Waals surface area contributed by atoms with Crippen LogP contribution in [0.3, 0.4) is 0 Å². The summed E-state index contributed by atoms with van der Waals surface area (Å²) in [7, 11) is 0. The summed E-state index contributed by atoms with van der Waals surface area (Å²) >= 11 is 10.4. The molecule has 11 heteroatoms. The number of benzene rings is 1. The fraction of sp³-hybridized carbons (Fsp3) is 0.286. The Labute approximate surface area is 149 Å². The average Bonchev–Trinajstić information content (AvgIpc) is 2.78. The van der Waals surface area contributed by atoms with Gasteiger partial charge in [0.05, 0.1) is 18.2 Å². The molecule has 25 heavy (non-hydrogen) atoms. The highest BCUT2D eigenvalue weighted by Gasteiger charge is 2.42. The van der Waals surface area contributed by atoms with Crippen molar-refractivity contribution in [1.29, 1.82) is 0 Å². The minimum atomic E-state index is -4.32. The van der Waals surface area contributed by atoms with Crippen molar-refractivity contribution in [2.75, 3.05) is 18.5 Å². The number of hydrogen-bond acceptors (Lipinski definition) is 5. The smallest absolute Gasteiger partial charge is 0.428 e. The van der Waals surface area contributed by atoms with Gasteiger partial charge in [-0.25, -0.2) is 4.39 Å². The first kappa shape index (κ1) is 19.4. The van der Waals surface area contributed by atoms with Crippen molar-refractivity contribution in [1.82, 2.24) is 4.90 Å². The lowest BCUT2D eigenvalue weighted by Crippen LogP contribution is -2.34. The zero-order chi connectivity index (χ0) is 18.8. The summed E-state index contributed by atoms with van der Waals surface area (Å²) in [5.41, 5.74) is -3.15. The zero-order valence-corrected chi connectivity index (χ0v) is 13.8. The van der Waals surface area contributed by atoms with Crippen LogP contribution in [-0.2, 0) is 9.59 Å². The molecule has 2 amide bonds. The summed E-state index contributed by atoms with van der Waals surface area (Å²) in [6, 6.07) is 3.49. The number of aliphatic hydroxyl groups excluding tert-OH is 1. The molecule has 0 saturated heterocycles. The van der Waals surface area contributed by atoms with Gasteiger partial charge < -0.3 is 15.2 Å². The van der Waals surface area contributed by atoms with E-state index in [1.54, 1.807) is 0 Å². The Morgan fingerprint density at radius 3 is 2.64 bits per heavy atom. The van der Waals surface area contributed by atoms with E-state index in [1.165, 1.54) is 12.1 Å². The van der Waals surface area contributed by atoms with Crippen LogP contribution in [-0.4, -0.2) is 46.7 Å². The Balaban J connectivity index is 2.19. The van der Waals surface area contributed by atoms with Gasteiger partial charge in [-0.1, -0.05) is 23.2 Å². The number of hydrogen-bond donors (Lipinski definition) is 2. The first-order valence-electron chi connectivity index (χ1n) is 6.75. The monoisotopic (exact) mass is 398 g/mol. The molecule has 0 bridgehead atoms. The van der Waals surface area contributed by atoms with Crippen LogP contribution in [0.25, 0.3) is 0 Å². The third-order valence-electron chi connectivity index (χ3n) is 3.04. The molecule has 2 N–H and O–H groups in total. The first-order valence-corrected chi connectivity index (χ1v) is 7.57. The fourth-order valence-corrected chi connectivity index (χ4v) is 2.12. The van der Waals surface area contributed by atoms with Crippen LogP contribution in [0.4, 0.5) is 18.9 Å². The fourth-order valence-electron chi connectivity index (χ4n) is 1.92. The molecule has 1 aliphatic rings.